The number of aliphatic carboxylic acids is 1. The van der Waals surface area contributed by atoms with Gasteiger partial charge < -0.3 is 9.84 Å². The Morgan fingerprint density at radius 1 is 0.486 bits per heavy atom. The zero-order valence-corrected chi connectivity index (χ0v) is 25.0. The van der Waals surface area contributed by atoms with E-state index in [-0.39, 0.29) is 18.5 Å². The molecule has 1 N–H and O–H groups in total. The molecule has 37 heavy (non-hydrogen) atoms. The quantitative estimate of drug-likeness (QED) is 0.0749. The topological polar surface area (TPSA) is 63.6 Å². The first kappa shape index (κ1) is 35.9. The van der Waals surface area contributed by atoms with Gasteiger partial charge in [0.1, 0.15) is 6.10 Å². The summed E-state index contributed by atoms with van der Waals surface area (Å²) in [4.78, 5) is 23.1. The van der Waals surface area contributed by atoms with Crippen molar-refractivity contribution in [3.8, 4) is 0 Å². The van der Waals surface area contributed by atoms with E-state index in [0.717, 1.165) is 70.6 Å². The minimum atomic E-state index is -0.692. The average molecular weight is 525 g/mol. The highest BCUT2D eigenvalue weighted by atomic mass is 16.5. The van der Waals surface area contributed by atoms with Gasteiger partial charge in [0.15, 0.2) is 0 Å². The van der Waals surface area contributed by atoms with Crippen molar-refractivity contribution < 1.29 is 19.4 Å². The van der Waals surface area contributed by atoms with Crippen LogP contribution in [0, 0.1) is 0 Å². The number of carbonyl (C=O) groups excluding carboxylic acids is 1. The zero-order chi connectivity index (χ0) is 27.2. The second-order valence-corrected chi connectivity index (χ2v) is 11.4. The summed E-state index contributed by atoms with van der Waals surface area (Å²) in [6, 6.07) is 0. The van der Waals surface area contributed by atoms with E-state index in [9.17, 15) is 9.59 Å². The Morgan fingerprint density at radius 3 is 1.19 bits per heavy atom. The van der Waals surface area contributed by atoms with Crippen LogP contribution in [0.2, 0.25) is 0 Å². The van der Waals surface area contributed by atoms with Gasteiger partial charge in [-0.3, -0.25) is 9.59 Å². The highest BCUT2D eigenvalue weighted by Gasteiger charge is 2.14. The highest BCUT2D eigenvalue weighted by molar-refractivity contribution is 5.69. The Morgan fingerprint density at radius 2 is 0.811 bits per heavy atom. The minimum Gasteiger partial charge on any atom is -0.481 e. The first-order chi connectivity index (χ1) is 18.1. The van der Waals surface area contributed by atoms with Gasteiger partial charge in [0.2, 0.25) is 0 Å². The number of ether oxygens (including phenoxy) is 1. The third-order valence-corrected chi connectivity index (χ3v) is 7.58. The van der Waals surface area contributed by atoms with Crippen LogP contribution in [0.3, 0.4) is 0 Å². The lowest BCUT2D eigenvalue weighted by atomic mass is 10.0. The molecule has 0 aliphatic carbocycles. The number of carboxylic acids is 1. The molecule has 0 radical (unpaired) electrons. The summed E-state index contributed by atoms with van der Waals surface area (Å²) in [5.41, 5.74) is 0. The fraction of sp³-hybridized carbons (Fsp3) is 0.939. The molecule has 0 heterocycles. The molecule has 0 aromatic heterocycles. The van der Waals surface area contributed by atoms with Gasteiger partial charge in [-0.2, -0.15) is 0 Å². The van der Waals surface area contributed by atoms with Gasteiger partial charge in [-0.25, -0.2) is 0 Å². The van der Waals surface area contributed by atoms with Crippen LogP contribution in [-0.2, 0) is 14.3 Å². The van der Waals surface area contributed by atoms with Gasteiger partial charge in [0.25, 0.3) is 0 Å². The Balaban J connectivity index is 3.94. The van der Waals surface area contributed by atoms with E-state index in [1.807, 2.05) is 0 Å². The number of carbonyl (C=O) groups is 2. The van der Waals surface area contributed by atoms with Crippen LogP contribution in [0.5, 0.6) is 0 Å². The maximum absolute atomic E-state index is 12.5. The molecular formula is C33H64O4. The van der Waals surface area contributed by atoms with Gasteiger partial charge in [0.05, 0.1) is 0 Å². The third kappa shape index (κ3) is 29.4. The molecule has 0 aromatic carbocycles. The molecule has 4 heteroatoms. The average Bonchev–Trinajstić information content (AvgIpc) is 2.87. The van der Waals surface area contributed by atoms with E-state index in [0.29, 0.717) is 6.42 Å². The monoisotopic (exact) mass is 524 g/mol. The van der Waals surface area contributed by atoms with Crippen molar-refractivity contribution in [3.05, 3.63) is 0 Å². The van der Waals surface area contributed by atoms with Crippen molar-refractivity contribution in [2.24, 2.45) is 0 Å². The molecule has 0 bridgehead atoms. The van der Waals surface area contributed by atoms with Crippen molar-refractivity contribution in [2.75, 3.05) is 0 Å². The van der Waals surface area contributed by atoms with Crippen LogP contribution >= 0.6 is 0 Å². The first-order valence-corrected chi connectivity index (χ1v) is 16.5. The van der Waals surface area contributed by atoms with Crippen LogP contribution in [-0.4, -0.2) is 23.1 Å². The molecule has 1 atom stereocenters. The van der Waals surface area contributed by atoms with E-state index in [1.165, 1.54) is 96.3 Å². The van der Waals surface area contributed by atoms with Crippen LogP contribution in [0.25, 0.3) is 0 Å². The molecule has 220 valence electrons. The van der Waals surface area contributed by atoms with E-state index < -0.39 is 5.97 Å². The minimum absolute atomic E-state index is 0.0109. The highest BCUT2D eigenvalue weighted by Crippen LogP contribution is 2.19. The third-order valence-electron chi connectivity index (χ3n) is 7.58. The van der Waals surface area contributed by atoms with E-state index in [2.05, 4.69) is 13.8 Å². The van der Waals surface area contributed by atoms with Crippen molar-refractivity contribution >= 4 is 11.9 Å². The van der Waals surface area contributed by atoms with E-state index >= 15 is 0 Å². The molecule has 0 aliphatic heterocycles. The van der Waals surface area contributed by atoms with Crippen LogP contribution in [0.15, 0.2) is 0 Å². The summed E-state index contributed by atoms with van der Waals surface area (Å²) >= 11 is 0. The van der Waals surface area contributed by atoms with Gasteiger partial charge >= 0.3 is 11.9 Å². The van der Waals surface area contributed by atoms with Crippen LogP contribution in [0.1, 0.15) is 194 Å². The lowest BCUT2D eigenvalue weighted by molar-refractivity contribution is -0.150. The first-order valence-electron chi connectivity index (χ1n) is 16.5. The summed E-state index contributed by atoms with van der Waals surface area (Å²) < 4.78 is 5.95. The molecule has 0 fully saturated rings. The maximum atomic E-state index is 12.5. The zero-order valence-electron chi connectivity index (χ0n) is 25.0. The number of unbranched alkanes of at least 4 members (excludes halogenated alkanes) is 21. The number of esters is 1. The smallest absolute Gasteiger partial charge is 0.306 e. The summed E-state index contributed by atoms with van der Waals surface area (Å²) in [6.45, 7) is 4.52. The maximum Gasteiger partial charge on any atom is 0.306 e. The molecule has 1 unspecified atom stereocenters. The molecule has 4 nitrogen and oxygen atoms in total. The Hall–Kier alpha value is -1.06. The lowest BCUT2D eigenvalue weighted by Crippen LogP contribution is -2.18. The largest absolute Gasteiger partial charge is 0.481 e. The summed E-state index contributed by atoms with van der Waals surface area (Å²) in [7, 11) is 0. The van der Waals surface area contributed by atoms with Gasteiger partial charge in [-0.1, -0.05) is 142 Å². The van der Waals surface area contributed by atoms with Gasteiger partial charge in [-0.15, -0.1) is 0 Å². The Labute approximate surface area is 231 Å². The van der Waals surface area contributed by atoms with Gasteiger partial charge in [0, 0.05) is 12.8 Å². The summed E-state index contributed by atoms with van der Waals surface area (Å²) in [5.74, 6) is -0.681. The number of rotatable bonds is 30. The Bertz CT molecular complexity index is 491. The molecule has 0 rings (SSSR count). The van der Waals surface area contributed by atoms with Crippen molar-refractivity contribution in [2.45, 2.75) is 200 Å². The SMILES string of the molecule is CCCCCCCCCCCCCCC(=O)OC(CCCCCCCC)CCCCCCCCC(=O)O. The number of hydrogen-bond acceptors (Lipinski definition) is 3. The van der Waals surface area contributed by atoms with E-state index in [1.54, 1.807) is 0 Å². The number of carboxylic acid groups (broad SMARTS) is 1. The Kier molecular flexibility index (Phi) is 28.7. The molecule has 0 saturated heterocycles. The summed E-state index contributed by atoms with van der Waals surface area (Å²) in [6.07, 6.45) is 32.6. The molecule has 0 spiro atoms. The second kappa shape index (κ2) is 29.5. The predicted octanol–water partition coefficient (Wildman–Crippen LogP) is 10.9. The lowest BCUT2D eigenvalue weighted by Gasteiger charge is -2.18. The fourth-order valence-electron chi connectivity index (χ4n) is 5.13. The second-order valence-electron chi connectivity index (χ2n) is 11.4. The van der Waals surface area contributed by atoms with Crippen LogP contribution < -0.4 is 0 Å². The predicted molar refractivity (Wildman–Crippen MR) is 158 cm³/mol. The summed E-state index contributed by atoms with van der Waals surface area (Å²) in [5, 5.41) is 8.73. The molecule has 0 saturated carbocycles. The standard InChI is InChI=1S/C33H64O4/c1-3-5-7-9-11-12-13-14-15-16-22-26-30-33(36)37-31(27-23-19-10-8-6-4-2)28-24-20-17-18-21-25-29-32(34)35/h31H,3-30H2,1-2H3,(H,34,35). The fourth-order valence-corrected chi connectivity index (χ4v) is 5.13. The molecular weight excluding hydrogens is 460 g/mol. The molecule has 0 aromatic rings. The normalized spacial score (nSPS) is 12.1. The van der Waals surface area contributed by atoms with Crippen molar-refractivity contribution in [1.29, 1.82) is 0 Å². The van der Waals surface area contributed by atoms with Crippen molar-refractivity contribution in [3.63, 3.8) is 0 Å². The van der Waals surface area contributed by atoms with Gasteiger partial charge in [-0.05, 0) is 38.5 Å². The van der Waals surface area contributed by atoms with Crippen LogP contribution in [0.4, 0.5) is 0 Å². The van der Waals surface area contributed by atoms with Crippen molar-refractivity contribution in [1.82, 2.24) is 0 Å². The van der Waals surface area contributed by atoms with E-state index in [4.69, 9.17) is 9.84 Å². The number of hydrogen-bond donors (Lipinski definition) is 1. The molecule has 0 aliphatic rings. The molecule has 0 amide bonds.